The number of fused-ring (bicyclic) bond motifs is 1. The van der Waals surface area contributed by atoms with Gasteiger partial charge in [0.1, 0.15) is 11.9 Å². The van der Waals surface area contributed by atoms with Crippen LogP contribution < -0.4 is 10.1 Å². The van der Waals surface area contributed by atoms with E-state index >= 15 is 0 Å². The van der Waals surface area contributed by atoms with E-state index in [-0.39, 0.29) is 17.7 Å². The second-order valence-electron chi connectivity index (χ2n) is 5.47. The minimum absolute atomic E-state index is 0.0535. The number of nitrogens with one attached hydrogen (secondary N) is 1. The Balaban J connectivity index is 1.65. The summed E-state index contributed by atoms with van der Waals surface area (Å²) in [6.45, 7) is 1.94. The second kappa shape index (κ2) is 6.08. The molecule has 0 fully saturated rings. The number of amides is 1. The van der Waals surface area contributed by atoms with E-state index in [1.54, 1.807) is 13.0 Å². The van der Waals surface area contributed by atoms with Crippen molar-refractivity contribution >= 4 is 11.6 Å². The number of ether oxygens (including phenoxy) is 1. The first kappa shape index (κ1) is 15.0. The molecule has 1 N–H and O–H groups in total. The van der Waals surface area contributed by atoms with Crippen LogP contribution in [-0.2, 0) is 6.42 Å². The quantitative estimate of drug-likeness (QED) is 0.695. The topological polar surface area (TPSA) is 81.5 Å². The molecule has 0 spiro atoms. The van der Waals surface area contributed by atoms with Gasteiger partial charge in [0.05, 0.1) is 11.5 Å². The van der Waals surface area contributed by atoms with Crippen LogP contribution in [0.2, 0.25) is 0 Å². The van der Waals surface area contributed by atoms with Gasteiger partial charge in [-0.2, -0.15) is 0 Å². The van der Waals surface area contributed by atoms with Gasteiger partial charge < -0.3 is 10.1 Å². The standard InChI is InChI=1S/C17H16N2O4/c1-11-14(6-4-7-15(11)19(21)22)17(20)18-10-13-9-12-5-2-3-8-16(12)23-13/h2-8,13H,9-10H2,1H3,(H,18,20)/t13-/m0/s1. The van der Waals surface area contributed by atoms with Crippen molar-refractivity contribution in [1.29, 1.82) is 0 Å². The molecule has 23 heavy (non-hydrogen) atoms. The molecule has 1 aliphatic heterocycles. The average Bonchev–Trinajstić information content (AvgIpc) is 2.95. The number of nitro groups is 1. The lowest BCUT2D eigenvalue weighted by Gasteiger charge is -2.13. The van der Waals surface area contributed by atoms with Crippen LogP contribution in [0.4, 0.5) is 5.69 Å². The molecule has 0 aromatic heterocycles. The maximum Gasteiger partial charge on any atom is 0.273 e. The fourth-order valence-corrected chi connectivity index (χ4v) is 2.74. The second-order valence-corrected chi connectivity index (χ2v) is 5.47. The summed E-state index contributed by atoms with van der Waals surface area (Å²) in [5.41, 5.74) is 1.75. The average molecular weight is 312 g/mol. The van der Waals surface area contributed by atoms with Crippen LogP contribution in [0.25, 0.3) is 0 Å². The number of hydrogen-bond acceptors (Lipinski definition) is 4. The van der Waals surface area contributed by atoms with Gasteiger partial charge in [0.15, 0.2) is 0 Å². The predicted molar refractivity (Wildman–Crippen MR) is 84.7 cm³/mol. The first-order valence-corrected chi connectivity index (χ1v) is 7.33. The molecule has 0 radical (unpaired) electrons. The van der Waals surface area contributed by atoms with Crippen molar-refractivity contribution in [1.82, 2.24) is 5.32 Å². The van der Waals surface area contributed by atoms with Gasteiger partial charge in [-0.05, 0) is 24.6 Å². The molecule has 118 valence electrons. The smallest absolute Gasteiger partial charge is 0.273 e. The number of para-hydroxylation sites is 1. The van der Waals surface area contributed by atoms with Crippen LogP contribution in [-0.4, -0.2) is 23.5 Å². The Morgan fingerprint density at radius 2 is 2.09 bits per heavy atom. The van der Waals surface area contributed by atoms with Gasteiger partial charge in [-0.15, -0.1) is 0 Å². The highest BCUT2D eigenvalue weighted by Gasteiger charge is 2.24. The Kier molecular flexibility index (Phi) is 3.97. The molecular formula is C17H16N2O4. The summed E-state index contributed by atoms with van der Waals surface area (Å²) in [6.07, 6.45) is 0.625. The molecule has 0 saturated heterocycles. The number of nitro benzene ring substituents is 1. The summed E-state index contributed by atoms with van der Waals surface area (Å²) in [7, 11) is 0. The van der Waals surface area contributed by atoms with Crippen LogP contribution in [0.5, 0.6) is 5.75 Å². The van der Waals surface area contributed by atoms with Crippen LogP contribution >= 0.6 is 0 Å². The Morgan fingerprint density at radius 3 is 2.83 bits per heavy atom. The van der Waals surface area contributed by atoms with E-state index in [0.29, 0.717) is 17.7 Å². The third kappa shape index (κ3) is 3.01. The minimum Gasteiger partial charge on any atom is -0.488 e. The minimum atomic E-state index is -0.483. The van der Waals surface area contributed by atoms with Crippen LogP contribution in [0.3, 0.4) is 0 Å². The highest BCUT2D eigenvalue weighted by molar-refractivity contribution is 5.96. The number of nitrogens with zero attached hydrogens (tertiary/aromatic N) is 1. The monoisotopic (exact) mass is 312 g/mol. The van der Waals surface area contributed by atoms with Gasteiger partial charge in [0.25, 0.3) is 11.6 Å². The van der Waals surface area contributed by atoms with Crippen molar-refractivity contribution in [2.45, 2.75) is 19.4 Å². The lowest BCUT2D eigenvalue weighted by Crippen LogP contribution is -2.34. The zero-order valence-corrected chi connectivity index (χ0v) is 12.6. The first-order chi connectivity index (χ1) is 11.1. The molecule has 0 bridgehead atoms. The maximum atomic E-state index is 12.3. The first-order valence-electron chi connectivity index (χ1n) is 7.33. The normalized spacial score (nSPS) is 15.6. The van der Waals surface area contributed by atoms with Crippen molar-refractivity contribution in [3.63, 3.8) is 0 Å². The number of carbonyl (C=O) groups is 1. The van der Waals surface area contributed by atoms with Crippen molar-refractivity contribution < 1.29 is 14.5 Å². The molecule has 1 amide bonds. The molecule has 6 heteroatoms. The Labute approximate surface area is 133 Å². The molecule has 0 unspecified atom stereocenters. The molecule has 2 aromatic carbocycles. The predicted octanol–water partition coefficient (Wildman–Crippen LogP) is 2.64. The molecule has 2 aromatic rings. The van der Waals surface area contributed by atoms with E-state index in [2.05, 4.69) is 5.32 Å². The summed E-state index contributed by atoms with van der Waals surface area (Å²) in [6, 6.07) is 12.3. The van der Waals surface area contributed by atoms with Crippen molar-refractivity contribution in [3.05, 3.63) is 69.3 Å². The molecule has 1 heterocycles. The molecular weight excluding hydrogens is 296 g/mol. The molecule has 1 atom stereocenters. The van der Waals surface area contributed by atoms with E-state index in [0.717, 1.165) is 17.7 Å². The highest BCUT2D eigenvalue weighted by atomic mass is 16.6. The SMILES string of the molecule is Cc1c(C(=O)NC[C@@H]2Cc3ccccc3O2)cccc1[N+](=O)[O-]. The lowest BCUT2D eigenvalue weighted by atomic mass is 10.1. The molecule has 1 aliphatic rings. The number of carbonyl (C=O) groups excluding carboxylic acids is 1. The molecule has 6 nitrogen and oxygen atoms in total. The largest absolute Gasteiger partial charge is 0.488 e. The van der Waals surface area contributed by atoms with E-state index in [4.69, 9.17) is 4.74 Å². The highest BCUT2D eigenvalue weighted by Crippen LogP contribution is 2.28. The summed E-state index contributed by atoms with van der Waals surface area (Å²) >= 11 is 0. The number of benzene rings is 2. The lowest BCUT2D eigenvalue weighted by molar-refractivity contribution is -0.385. The number of rotatable bonds is 4. The zero-order valence-electron chi connectivity index (χ0n) is 12.6. The van der Waals surface area contributed by atoms with Crippen molar-refractivity contribution in [2.75, 3.05) is 6.54 Å². The third-order valence-corrected chi connectivity index (χ3v) is 3.95. The van der Waals surface area contributed by atoms with Gasteiger partial charge in [0.2, 0.25) is 0 Å². The van der Waals surface area contributed by atoms with Crippen LogP contribution in [0.1, 0.15) is 21.5 Å². The van der Waals surface area contributed by atoms with Crippen molar-refractivity contribution in [3.8, 4) is 5.75 Å². The van der Waals surface area contributed by atoms with Gasteiger partial charge in [0, 0.05) is 23.6 Å². The fourth-order valence-electron chi connectivity index (χ4n) is 2.74. The summed E-state index contributed by atoms with van der Waals surface area (Å²) in [5, 5.41) is 13.7. The van der Waals surface area contributed by atoms with Crippen molar-refractivity contribution in [2.24, 2.45) is 0 Å². The summed E-state index contributed by atoms with van der Waals surface area (Å²) in [5.74, 6) is 0.518. The maximum absolute atomic E-state index is 12.3. The van der Waals surface area contributed by atoms with Gasteiger partial charge in [-0.1, -0.05) is 24.3 Å². The van der Waals surface area contributed by atoms with E-state index < -0.39 is 4.92 Å². The molecule has 3 rings (SSSR count). The molecule has 0 saturated carbocycles. The Hall–Kier alpha value is -2.89. The Morgan fingerprint density at radius 1 is 1.30 bits per heavy atom. The van der Waals surface area contributed by atoms with Crippen LogP contribution in [0, 0.1) is 17.0 Å². The summed E-state index contributed by atoms with van der Waals surface area (Å²) < 4.78 is 5.76. The third-order valence-electron chi connectivity index (χ3n) is 3.95. The zero-order chi connectivity index (χ0) is 16.4. The van der Waals surface area contributed by atoms with Gasteiger partial charge in [-0.25, -0.2) is 0 Å². The number of hydrogen-bond donors (Lipinski definition) is 1. The van der Waals surface area contributed by atoms with Gasteiger partial charge >= 0.3 is 0 Å². The fraction of sp³-hybridized carbons (Fsp3) is 0.235. The van der Waals surface area contributed by atoms with Crippen LogP contribution in [0.15, 0.2) is 42.5 Å². The molecule has 0 aliphatic carbocycles. The van der Waals surface area contributed by atoms with Gasteiger partial charge in [-0.3, -0.25) is 14.9 Å². The van der Waals surface area contributed by atoms with E-state index in [1.165, 1.54) is 12.1 Å². The van der Waals surface area contributed by atoms with E-state index in [9.17, 15) is 14.9 Å². The van der Waals surface area contributed by atoms with E-state index in [1.807, 2.05) is 24.3 Å². The Bertz CT molecular complexity index is 748. The summed E-state index contributed by atoms with van der Waals surface area (Å²) in [4.78, 5) is 22.7.